The second-order valence-electron chi connectivity index (χ2n) is 3.17. The highest BCUT2D eigenvalue weighted by Gasteiger charge is 2.15. The van der Waals surface area contributed by atoms with Crippen molar-refractivity contribution in [1.82, 2.24) is 0 Å². The van der Waals surface area contributed by atoms with Crippen molar-refractivity contribution in [2.75, 3.05) is 0 Å². The monoisotopic (exact) mass is 398 g/mol. The van der Waals surface area contributed by atoms with Gasteiger partial charge in [-0.25, -0.2) is 0 Å². The van der Waals surface area contributed by atoms with Gasteiger partial charge in [-0.05, 0) is 29.8 Å². The zero-order valence-corrected chi connectivity index (χ0v) is 13.4. The molecule has 2 aromatic rings. The summed E-state index contributed by atoms with van der Waals surface area (Å²) in [5, 5.41) is 0.737. The van der Waals surface area contributed by atoms with E-state index in [1.807, 2.05) is 30.3 Å². The van der Waals surface area contributed by atoms with Crippen LogP contribution in [0.1, 0.15) is 15.3 Å². The van der Waals surface area contributed by atoms with Gasteiger partial charge in [-0.3, -0.25) is 0 Å². The molecule has 0 aliphatic heterocycles. The first-order chi connectivity index (χ1) is 7.58. The Morgan fingerprint density at radius 3 is 2.44 bits per heavy atom. The van der Waals surface area contributed by atoms with E-state index in [1.54, 1.807) is 11.3 Å². The lowest BCUT2D eigenvalue weighted by Gasteiger charge is -2.10. The Hall–Kier alpha value is 0.460. The van der Waals surface area contributed by atoms with E-state index in [4.69, 9.17) is 23.2 Å². The quantitative estimate of drug-likeness (QED) is 0.519. The minimum Gasteiger partial charge on any atom is -0.127 e. The second kappa shape index (κ2) is 5.40. The predicted molar refractivity (Wildman–Crippen MR) is 79.3 cm³/mol. The fourth-order valence-electron chi connectivity index (χ4n) is 1.32. The van der Waals surface area contributed by atoms with Crippen LogP contribution in [0.15, 0.2) is 34.8 Å². The Morgan fingerprint density at radius 2 is 1.88 bits per heavy atom. The summed E-state index contributed by atoms with van der Waals surface area (Å²) in [7, 11) is 0. The van der Waals surface area contributed by atoms with E-state index >= 15 is 0 Å². The summed E-state index contributed by atoms with van der Waals surface area (Å²) in [6.07, 6.45) is 0. The topological polar surface area (TPSA) is 0 Å². The summed E-state index contributed by atoms with van der Waals surface area (Å²) < 4.78 is 1.76. The third-order valence-corrected chi connectivity index (χ3v) is 5.49. The molecule has 1 aromatic heterocycles. The molecule has 84 valence electrons. The Kier molecular flexibility index (Phi) is 4.36. The normalized spacial score (nSPS) is 12.8. The molecule has 1 heterocycles. The molecule has 1 unspecified atom stereocenters. The maximum absolute atomic E-state index is 6.19. The van der Waals surface area contributed by atoms with Crippen molar-refractivity contribution in [3.05, 3.63) is 54.6 Å². The third kappa shape index (κ3) is 2.82. The van der Waals surface area contributed by atoms with E-state index in [-0.39, 0.29) is 4.83 Å². The van der Waals surface area contributed by atoms with Crippen LogP contribution in [-0.2, 0) is 0 Å². The van der Waals surface area contributed by atoms with Gasteiger partial charge >= 0.3 is 0 Å². The first-order valence-corrected chi connectivity index (χ1v) is 7.70. The average Bonchev–Trinajstić information content (AvgIpc) is 2.64. The van der Waals surface area contributed by atoms with Gasteiger partial charge in [-0.1, -0.05) is 61.1 Å². The van der Waals surface area contributed by atoms with Gasteiger partial charge in [0.25, 0.3) is 0 Å². The van der Waals surface area contributed by atoms with Gasteiger partial charge in [-0.15, -0.1) is 11.3 Å². The lowest BCUT2D eigenvalue weighted by Crippen LogP contribution is -1.90. The van der Waals surface area contributed by atoms with Crippen molar-refractivity contribution in [3.63, 3.8) is 0 Å². The van der Waals surface area contributed by atoms with Crippen molar-refractivity contribution in [2.45, 2.75) is 4.83 Å². The summed E-state index contributed by atoms with van der Waals surface area (Å²) in [6.45, 7) is 0. The van der Waals surface area contributed by atoms with E-state index in [2.05, 4.69) is 31.9 Å². The van der Waals surface area contributed by atoms with Gasteiger partial charge < -0.3 is 0 Å². The molecule has 0 fully saturated rings. The number of hydrogen-bond acceptors (Lipinski definition) is 1. The van der Waals surface area contributed by atoms with Gasteiger partial charge in [-0.2, -0.15) is 0 Å². The molecule has 2 rings (SSSR count). The molecule has 1 atom stereocenters. The molecular formula is C11H6Br2Cl2S. The number of alkyl halides is 1. The SMILES string of the molecule is Clc1ccc(C(Br)c2ccc(Br)cc2Cl)s1. The van der Waals surface area contributed by atoms with Crippen molar-refractivity contribution in [2.24, 2.45) is 0 Å². The van der Waals surface area contributed by atoms with Crippen LogP contribution in [0, 0.1) is 0 Å². The number of benzene rings is 1. The Labute approximate surface area is 125 Å². The summed E-state index contributed by atoms with van der Waals surface area (Å²) in [4.78, 5) is 1.24. The first-order valence-electron chi connectivity index (χ1n) is 4.42. The van der Waals surface area contributed by atoms with Crippen molar-refractivity contribution in [3.8, 4) is 0 Å². The summed E-state index contributed by atoms with van der Waals surface area (Å²) in [5.74, 6) is 0. The number of hydrogen-bond donors (Lipinski definition) is 0. The summed E-state index contributed by atoms with van der Waals surface area (Å²) in [5.41, 5.74) is 1.04. The van der Waals surface area contributed by atoms with E-state index in [1.165, 1.54) is 0 Å². The Bertz CT molecular complexity index is 510. The molecule has 0 N–H and O–H groups in total. The van der Waals surface area contributed by atoms with Gasteiger partial charge in [0.15, 0.2) is 0 Å². The van der Waals surface area contributed by atoms with Crippen molar-refractivity contribution < 1.29 is 0 Å². The van der Waals surface area contributed by atoms with Gasteiger partial charge in [0, 0.05) is 14.4 Å². The molecular weight excluding hydrogens is 395 g/mol. The van der Waals surface area contributed by atoms with E-state index in [0.717, 1.165) is 24.3 Å². The first kappa shape index (κ1) is 12.9. The minimum absolute atomic E-state index is 0.0885. The molecule has 0 amide bonds. The Morgan fingerprint density at radius 1 is 1.12 bits per heavy atom. The van der Waals surface area contributed by atoms with Crippen LogP contribution < -0.4 is 0 Å². The molecule has 16 heavy (non-hydrogen) atoms. The maximum Gasteiger partial charge on any atom is 0.0931 e. The third-order valence-electron chi connectivity index (χ3n) is 2.08. The highest BCUT2D eigenvalue weighted by Crippen LogP contribution is 2.40. The molecule has 0 aliphatic carbocycles. The van der Waals surface area contributed by atoms with Crippen LogP contribution in [0.2, 0.25) is 9.36 Å². The maximum atomic E-state index is 6.19. The van der Waals surface area contributed by atoms with Crippen molar-refractivity contribution >= 4 is 66.4 Å². The smallest absolute Gasteiger partial charge is 0.0931 e. The molecule has 1 aromatic carbocycles. The van der Waals surface area contributed by atoms with Crippen LogP contribution in [0.5, 0.6) is 0 Å². The zero-order chi connectivity index (χ0) is 11.7. The van der Waals surface area contributed by atoms with E-state index in [9.17, 15) is 0 Å². The lowest BCUT2D eigenvalue weighted by atomic mass is 10.1. The molecule has 0 nitrogen and oxygen atoms in total. The predicted octanol–water partition coefficient (Wildman–Crippen LogP) is 6.30. The zero-order valence-electron chi connectivity index (χ0n) is 7.88. The largest absolute Gasteiger partial charge is 0.127 e. The lowest BCUT2D eigenvalue weighted by molar-refractivity contribution is 1.22. The number of thiophene rings is 1. The molecule has 0 spiro atoms. The van der Waals surface area contributed by atoms with Gasteiger partial charge in [0.05, 0.1) is 9.16 Å². The second-order valence-corrected chi connectivity index (χ2v) is 7.16. The molecule has 0 aliphatic rings. The van der Waals surface area contributed by atoms with Crippen molar-refractivity contribution in [1.29, 1.82) is 0 Å². The van der Waals surface area contributed by atoms with E-state index in [0.29, 0.717) is 0 Å². The average molecular weight is 401 g/mol. The fraction of sp³-hybridized carbons (Fsp3) is 0.0909. The van der Waals surface area contributed by atoms with Crippen LogP contribution >= 0.6 is 66.4 Å². The minimum atomic E-state index is 0.0885. The Balaban J connectivity index is 2.37. The standard InChI is InChI=1S/C11H6Br2Cl2S/c12-6-1-2-7(8(14)5-6)11(13)9-3-4-10(15)16-9/h1-5,11H. The van der Waals surface area contributed by atoms with Crippen LogP contribution in [0.4, 0.5) is 0 Å². The molecule has 0 saturated carbocycles. The molecule has 5 heteroatoms. The van der Waals surface area contributed by atoms with E-state index < -0.39 is 0 Å². The highest BCUT2D eigenvalue weighted by molar-refractivity contribution is 9.10. The molecule has 0 bridgehead atoms. The van der Waals surface area contributed by atoms with Crippen LogP contribution in [-0.4, -0.2) is 0 Å². The van der Waals surface area contributed by atoms with Crippen LogP contribution in [0.25, 0.3) is 0 Å². The highest BCUT2D eigenvalue weighted by atomic mass is 79.9. The summed E-state index contributed by atoms with van der Waals surface area (Å²) >= 11 is 20.7. The molecule has 0 radical (unpaired) electrons. The summed E-state index contributed by atoms with van der Waals surface area (Å²) in [6, 6.07) is 9.76. The number of rotatable bonds is 2. The number of halogens is 4. The van der Waals surface area contributed by atoms with Crippen LogP contribution in [0.3, 0.4) is 0 Å². The van der Waals surface area contributed by atoms with Gasteiger partial charge in [0.2, 0.25) is 0 Å². The fourth-order valence-corrected chi connectivity index (χ4v) is 4.13. The van der Waals surface area contributed by atoms with Gasteiger partial charge in [0.1, 0.15) is 0 Å². The molecule has 0 saturated heterocycles.